The number of nitrogen functional groups attached to an aromatic ring is 1. The minimum Gasteiger partial charge on any atom is -0.448 e. The number of aromatic nitrogens is 1. The first-order chi connectivity index (χ1) is 9.44. The van der Waals surface area contributed by atoms with Gasteiger partial charge in [0.2, 0.25) is 0 Å². The normalized spacial score (nSPS) is 12.0. The van der Waals surface area contributed by atoms with E-state index in [9.17, 15) is 9.59 Å². The minimum absolute atomic E-state index is 0.189. The molecule has 0 aromatic carbocycles. The van der Waals surface area contributed by atoms with Gasteiger partial charge in [0.25, 0.3) is 5.91 Å². The highest BCUT2D eigenvalue weighted by Crippen LogP contribution is 2.13. The number of aryl methyl sites for hydroxylation is 1. The van der Waals surface area contributed by atoms with Crippen LogP contribution in [0.4, 0.5) is 5.69 Å². The molecular formula is C14H23N3O3. The van der Waals surface area contributed by atoms with Crippen LogP contribution in [0.5, 0.6) is 0 Å². The molecule has 1 rings (SSSR count). The van der Waals surface area contributed by atoms with Crippen LogP contribution in [0.25, 0.3) is 0 Å². The van der Waals surface area contributed by atoms with Gasteiger partial charge >= 0.3 is 5.97 Å². The molecule has 1 heterocycles. The van der Waals surface area contributed by atoms with Gasteiger partial charge in [-0.1, -0.05) is 0 Å². The lowest BCUT2D eigenvalue weighted by Gasteiger charge is -2.22. The van der Waals surface area contributed by atoms with Gasteiger partial charge in [-0.25, -0.2) is 4.79 Å². The van der Waals surface area contributed by atoms with Gasteiger partial charge in [-0.05, 0) is 33.8 Å². The molecule has 0 radical (unpaired) electrons. The molecule has 0 saturated heterocycles. The molecule has 0 spiro atoms. The first-order valence-electron chi connectivity index (χ1n) is 6.89. The van der Waals surface area contributed by atoms with E-state index < -0.39 is 12.1 Å². The van der Waals surface area contributed by atoms with Gasteiger partial charge in [0.05, 0.1) is 5.69 Å². The summed E-state index contributed by atoms with van der Waals surface area (Å²) in [5.74, 6) is -0.720. The Balaban J connectivity index is 2.77. The first kappa shape index (κ1) is 16.1. The number of nitrogens with zero attached hydrogens (tertiary/aromatic N) is 2. The van der Waals surface area contributed by atoms with Crippen molar-refractivity contribution in [3.05, 3.63) is 18.0 Å². The second kappa shape index (κ2) is 6.98. The predicted molar refractivity (Wildman–Crippen MR) is 77.3 cm³/mol. The summed E-state index contributed by atoms with van der Waals surface area (Å²) < 4.78 is 6.93. The SMILES string of the molecule is CCN(CC)C(=O)C(C)OC(=O)c1cc(N)cn1CC. The summed E-state index contributed by atoms with van der Waals surface area (Å²) in [4.78, 5) is 25.8. The fraction of sp³-hybridized carbons (Fsp3) is 0.571. The Labute approximate surface area is 119 Å². The zero-order chi connectivity index (χ0) is 15.3. The Morgan fingerprint density at radius 1 is 1.35 bits per heavy atom. The van der Waals surface area contributed by atoms with Crippen molar-refractivity contribution in [1.82, 2.24) is 9.47 Å². The number of amides is 1. The summed E-state index contributed by atoms with van der Waals surface area (Å²) in [5, 5.41) is 0. The molecule has 1 amide bonds. The molecule has 6 nitrogen and oxygen atoms in total. The van der Waals surface area contributed by atoms with Crippen molar-refractivity contribution >= 4 is 17.6 Å². The van der Waals surface area contributed by atoms with E-state index in [-0.39, 0.29) is 5.91 Å². The van der Waals surface area contributed by atoms with Crippen LogP contribution in [0, 0.1) is 0 Å². The molecule has 6 heteroatoms. The average molecular weight is 281 g/mol. The quantitative estimate of drug-likeness (QED) is 0.802. The van der Waals surface area contributed by atoms with Crippen LogP contribution >= 0.6 is 0 Å². The van der Waals surface area contributed by atoms with Crippen LogP contribution in [-0.2, 0) is 16.1 Å². The molecule has 20 heavy (non-hydrogen) atoms. The molecule has 112 valence electrons. The lowest BCUT2D eigenvalue weighted by atomic mass is 10.3. The molecule has 1 atom stereocenters. The number of anilines is 1. The number of carbonyl (C=O) groups is 2. The van der Waals surface area contributed by atoms with E-state index in [1.165, 1.54) is 0 Å². The largest absolute Gasteiger partial charge is 0.448 e. The standard InChI is InChI=1S/C14H23N3O3/c1-5-16(6-2)13(18)10(4)20-14(19)12-8-11(15)9-17(12)7-3/h8-10H,5-7,15H2,1-4H3. The molecule has 2 N–H and O–H groups in total. The number of likely N-dealkylation sites (N-methyl/N-ethyl adjacent to an activating group) is 1. The van der Waals surface area contributed by atoms with Crippen LogP contribution < -0.4 is 5.73 Å². The molecule has 0 aliphatic carbocycles. The molecule has 1 aromatic heterocycles. The van der Waals surface area contributed by atoms with Crippen molar-refractivity contribution in [2.45, 2.75) is 40.3 Å². The fourth-order valence-electron chi connectivity index (χ4n) is 2.03. The van der Waals surface area contributed by atoms with Crippen molar-refractivity contribution < 1.29 is 14.3 Å². The highest BCUT2D eigenvalue weighted by atomic mass is 16.5. The summed E-state index contributed by atoms with van der Waals surface area (Å²) in [7, 11) is 0. The number of rotatable bonds is 6. The van der Waals surface area contributed by atoms with Gasteiger partial charge < -0.3 is 19.9 Å². The molecule has 1 unspecified atom stereocenters. The molecule has 0 bridgehead atoms. The van der Waals surface area contributed by atoms with Crippen LogP contribution in [0.3, 0.4) is 0 Å². The highest BCUT2D eigenvalue weighted by molar-refractivity contribution is 5.92. The summed E-state index contributed by atoms with van der Waals surface area (Å²) in [6.07, 6.45) is 0.872. The van der Waals surface area contributed by atoms with Crippen LogP contribution in [0.1, 0.15) is 38.2 Å². The molecular weight excluding hydrogens is 258 g/mol. The van der Waals surface area contributed by atoms with E-state index in [0.29, 0.717) is 31.0 Å². The van der Waals surface area contributed by atoms with Crippen molar-refractivity contribution in [3.63, 3.8) is 0 Å². The Morgan fingerprint density at radius 2 is 1.95 bits per heavy atom. The van der Waals surface area contributed by atoms with Crippen molar-refractivity contribution in [2.75, 3.05) is 18.8 Å². The van der Waals surface area contributed by atoms with Gasteiger partial charge in [0.1, 0.15) is 5.69 Å². The smallest absolute Gasteiger partial charge is 0.355 e. The third kappa shape index (κ3) is 3.53. The van der Waals surface area contributed by atoms with Crippen LogP contribution in [0.2, 0.25) is 0 Å². The monoisotopic (exact) mass is 281 g/mol. The zero-order valence-corrected chi connectivity index (χ0v) is 12.5. The summed E-state index contributed by atoms with van der Waals surface area (Å²) in [6, 6.07) is 1.56. The summed E-state index contributed by atoms with van der Waals surface area (Å²) in [5.41, 5.74) is 6.54. The first-order valence-corrected chi connectivity index (χ1v) is 6.89. The molecule has 0 aliphatic rings. The second-order valence-electron chi connectivity index (χ2n) is 4.50. The maximum atomic E-state index is 12.1. The van der Waals surface area contributed by atoms with Crippen molar-refractivity contribution in [2.24, 2.45) is 0 Å². The van der Waals surface area contributed by atoms with E-state index >= 15 is 0 Å². The van der Waals surface area contributed by atoms with Crippen molar-refractivity contribution in [3.8, 4) is 0 Å². The van der Waals surface area contributed by atoms with Gasteiger partial charge in [-0.2, -0.15) is 0 Å². The minimum atomic E-state index is -0.802. The van der Waals surface area contributed by atoms with Gasteiger partial charge in [0.15, 0.2) is 6.10 Å². The topological polar surface area (TPSA) is 77.6 Å². The lowest BCUT2D eigenvalue weighted by Crippen LogP contribution is -2.39. The second-order valence-corrected chi connectivity index (χ2v) is 4.50. The van der Waals surface area contributed by atoms with Gasteiger partial charge in [-0.15, -0.1) is 0 Å². The zero-order valence-electron chi connectivity index (χ0n) is 12.5. The van der Waals surface area contributed by atoms with E-state index in [1.54, 1.807) is 28.7 Å². The number of hydrogen-bond acceptors (Lipinski definition) is 4. The third-order valence-electron chi connectivity index (χ3n) is 3.17. The fourth-order valence-corrected chi connectivity index (χ4v) is 2.03. The number of nitrogens with two attached hydrogens (primary N) is 1. The summed E-state index contributed by atoms with van der Waals surface area (Å²) in [6.45, 7) is 9.06. The maximum Gasteiger partial charge on any atom is 0.355 e. The molecule has 0 saturated carbocycles. The molecule has 0 aliphatic heterocycles. The predicted octanol–water partition coefficient (Wildman–Crippen LogP) is 1.50. The van der Waals surface area contributed by atoms with Gasteiger partial charge in [-0.3, -0.25) is 4.79 Å². The average Bonchev–Trinajstić information content (AvgIpc) is 2.81. The number of esters is 1. The number of ether oxygens (including phenoxy) is 1. The van der Waals surface area contributed by atoms with Gasteiger partial charge in [0, 0.05) is 25.8 Å². The van der Waals surface area contributed by atoms with E-state index in [0.717, 1.165) is 0 Å². The van der Waals surface area contributed by atoms with Crippen LogP contribution in [0.15, 0.2) is 12.3 Å². The maximum absolute atomic E-state index is 12.1. The number of hydrogen-bond donors (Lipinski definition) is 1. The Morgan fingerprint density at radius 3 is 2.45 bits per heavy atom. The summed E-state index contributed by atoms with van der Waals surface area (Å²) >= 11 is 0. The Kier molecular flexibility index (Phi) is 5.61. The molecule has 1 aromatic rings. The lowest BCUT2D eigenvalue weighted by molar-refractivity contribution is -0.139. The van der Waals surface area contributed by atoms with E-state index in [4.69, 9.17) is 10.5 Å². The molecule has 0 fully saturated rings. The van der Waals surface area contributed by atoms with E-state index in [1.807, 2.05) is 20.8 Å². The van der Waals surface area contributed by atoms with Crippen LogP contribution in [-0.4, -0.2) is 40.5 Å². The highest BCUT2D eigenvalue weighted by Gasteiger charge is 2.24. The van der Waals surface area contributed by atoms with E-state index in [2.05, 4.69) is 0 Å². The Bertz CT molecular complexity index is 478. The van der Waals surface area contributed by atoms with Crippen molar-refractivity contribution in [1.29, 1.82) is 0 Å². The third-order valence-corrected chi connectivity index (χ3v) is 3.17. The number of carbonyl (C=O) groups excluding carboxylic acids is 2. The Hall–Kier alpha value is -1.98.